The molecule has 2 rings (SSSR count). The number of fused-ring (bicyclic) bond motifs is 1. The number of hydrogen-bond donors (Lipinski definition) is 2. The van der Waals surface area contributed by atoms with Crippen molar-refractivity contribution in [3.05, 3.63) is 23.8 Å². The average Bonchev–Trinajstić information content (AvgIpc) is 2.54. The van der Waals surface area contributed by atoms with E-state index < -0.39 is 0 Å². The molecule has 0 aliphatic heterocycles. The highest BCUT2D eigenvalue weighted by atomic mass is 16.1. The Morgan fingerprint density at radius 3 is 2.88 bits per heavy atom. The Balaban J connectivity index is 2.59. The van der Waals surface area contributed by atoms with Crippen molar-refractivity contribution in [1.82, 2.24) is 9.55 Å². The molecule has 0 fully saturated rings. The number of amides is 1. The van der Waals surface area contributed by atoms with Crippen molar-refractivity contribution in [3.8, 4) is 0 Å². The molecular weight excluding hydrogens is 216 g/mol. The second-order valence-electron chi connectivity index (χ2n) is 4.30. The number of aryl methyl sites for hydroxylation is 1. The number of carbonyl (C=O) groups excluding carboxylic acids is 1. The molecule has 17 heavy (non-hydrogen) atoms. The van der Waals surface area contributed by atoms with Crippen LogP contribution in [0.2, 0.25) is 0 Å². The van der Waals surface area contributed by atoms with Gasteiger partial charge in [-0.25, -0.2) is 4.98 Å². The van der Waals surface area contributed by atoms with Crippen LogP contribution >= 0.6 is 0 Å². The van der Waals surface area contributed by atoms with E-state index in [2.05, 4.69) is 4.98 Å². The SMILES string of the molecule is Cc1cccc2nc(N)n(C(C)CC(N)=O)c12. The first kappa shape index (κ1) is 11.4. The molecular formula is C12H16N4O. The molecule has 0 saturated heterocycles. The third-order valence-corrected chi connectivity index (χ3v) is 2.88. The van der Waals surface area contributed by atoms with E-state index in [4.69, 9.17) is 11.5 Å². The molecule has 0 aliphatic carbocycles. The molecule has 1 heterocycles. The van der Waals surface area contributed by atoms with Crippen LogP contribution < -0.4 is 11.5 Å². The molecule has 0 saturated carbocycles. The number of para-hydroxylation sites is 1. The molecule has 0 radical (unpaired) electrons. The first-order chi connectivity index (χ1) is 8.00. The number of hydrogen-bond acceptors (Lipinski definition) is 3. The van der Waals surface area contributed by atoms with Gasteiger partial charge in [-0.2, -0.15) is 0 Å². The van der Waals surface area contributed by atoms with E-state index in [-0.39, 0.29) is 18.4 Å². The van der Waals surface area contributed by atoms with Crippen molar-refractivity contribution >= 4 is 22.9 Å². The van der Waals surface area contributed by atoms with Gasteiger partial charge in [0.25, 0.3) is 0 Å². The van der Waals surface area contributed by atoms with E-state index >= 15 is 0 Å². The summed E-state index contributed by atoms with van der Waals surface area (Å²) in [7, 11) is 0. The molecule has 2 aromatic rings. The van der Waals surface area contributed by atoms with Gasteiger partial charge in [0.2, 0.25) is 11.9 Å². The van der Waals surface area contributed by atoms with Crippen molar-refractivity contribution < 1.29 is 4.79 Å². The molecule has 1 atom stereocenters. The summed E-state index contributed by atoms with van der Waals surface area (Å²) in [6, 6.07) is 5.76. The molecule has 0 spiro atoms. The smallest absolute Gasteiger partial charge is 0.219 e. The predicted octanol–water partition coefficient (Wildman–Crippen LogP) is 1.36. The number of carbonyl (C=O) groups is 1. The molecule has 5 heteroatoms. The van der Waals surface area contributed by atoms with E-state index in [1.807, 2.05) is 36.6 Å². The Kier molecular flexibility index (Phi) is 2.75. The fourth-order valence-electron chi connectivity index (χ4n) is 2.17. The number of primary amides is 1. The van der Waals surface area contributed by atoms with Gasteiger partial charge in [-0.15, -0.1) is 0 Å². The minimum absolute atomic E-state index is 0.0846. The second kappa shape index (κ2) is 4.08. The molecule has 1 unspecified atom stereocenters. The quantitative estimate of drug-likeness (QED) is 0.837. The van der Waals surface area contributed by atoms with Gasteiger partial charge in [-0.05, 0) is 25.5 Å². The Hall–Kier alpha value is -2.04. The molecule has 1 aromatic heterocycles. The van der Waals surface area contributed by atoms with Crippen molar-refractivity contribution in [1.29, 1.82) is 0 Å². The maximum atomic E-state index is 11.0. The monoisotopic (exact) mass is 232 g/mol. The van der Waals surface area contributed by atoms with Gasteiger partial charge in [0.1, 0.15) is 0 Å². The molecule has 5 nitrogen and oxygen atoms in total. The summed E-state index contributed by atoms with van der Waals surface area (Å²) < 4.78 is 1.87. The summed E-state index contributed by atoms with van der Waals surface area (Å²) in [5.41, 5.74) is 14.0. The van der Waals surface area contributed by atoms with Crippen LogP contribution in [-0.4, -0.2) is 15.5 Å². The molecule has 0 aliphatic rings. The highest BCUT2D eigenvalue weighted by Crippen LogP contribution is 2.26. The van der Waals surface area contributed by atoms with Crippen LogP contribution in [0.1, 0.15) is 24.9 Å². The highest BCUT2D eigenvalue weighted by Gasteiger charge is 2.16. The van der Waals surface area contributed by atoms with E-state index in [0.29, 0.717) is 5.95 Å². The molecule has 0 bridgehead atoms. The van der Waals surface area contributed by atoms with E-state index in [9.17, 15) is 4.79 Å². The van der Waals surface area contributed by atoms with Crippen molar-refractivity contribution in [2.75, 3.05) is 5.73 Å². The van der Waals surface area contributed by atoms with Crippen LogP contribution in [0.3, 0.4) is 0 Å². The minimum Gasteiger partial charge on any atom is -0.370 e. The summed E-state index contributed by atoms with van der Waals surface area (Å²) in [6.45, 7) is 3.91. The topological polar surface area (TPSA) is 86.9 Å². The summed E-state index contributed by atoms with van der Waals surface area (Å²) in [5.74, 6) is 0.0791. The third-order valence-electron chi connectivity index (χ3n) is 2.88. The number of rotatable bonds is 3. The molecule has 4 N–H and O–H groups in total. The van der Waals surface area contributed by atoms with E-state index in [0.717, 1.165) is 16.6 Å². The average molecular weight is 232 g/mol. The Labute approximate surface area is 99.4 Å². The lowest BCUT2D eigenvalue weighted by molar-refractivity contribution is -0.118. The van der Waals surface area contributed by atoms with Crippen LogP contribution in [0.15, 0.2) is 18.2 Å². The van der Waals surface area contributed by atoms with Crippen LogP contribution in [0.5, 0.6) is 0 Å². The second-order valence-corrected chi connectivity index (χ2v) is 4.30. The normalized spacial score (nSPS) is 12.8. The fourth-order valence-corrected chi connectivity index (χ4v) is 2.17. The zero-order chi connectivity index (χ0) is 12.6. The van der Waals surface area contributed by atoms with Gasteiger partial charge >= 0.3 is 0 Å². The number of nitrogens with two attached hydrogens (primary N) is 2. The number of anilines is 1. The van der Waals surface area contributed by atoms with E-state index in [1.165, 1.54) is 0 Å². The van der Waals surface area contributed by atoms with Gasteiger partial charge in [-0.1, -0.05) is 12.1 Å². The summed E-state index contributed by atoms with van der Waals surface area (Å²) in [4.78, 5) is 15.3. The lowest BCUT2D eigenvalue weighted by Gasteiger charge is -2.15. The van der Waals surface area contributed by atoms with Crippen LogP contribution in [0.4, 0.5) is 5.95 Å². The summed E-state index contributed by atoms with van der Waals surface area (Å²) in [6.07, 6.45) is 0.254. The van der Waals surface area contributed by atoms with Crippen LogP contribution in [-0.2, 0) is 4.79 Å². The zero-order valence-electron chi connectivity index (χ0n) is 9.97. The molecule has 1 aromatic carbocycles. The zero-order valence-corrected chi connectivity index (χ0v) is 9.97. The molecule has 90 valence electrons. The standard InChI is InChI=1S/C12H16N4O/c1-7-4-3-5-9-11(7)16(12(14)15-9)8(2)6-10(13)17/h3-5,8H,6H2,1-2H3,(H2,13,17)(H2,14,15). The largest absolute Gasteiger partial charge is 0.370 e. The van der Waals surface area contributed by atoms with Crippen molar-refractivity contribution in [2.24, 2.45) is 5.73 Å². The first-order valence-corrected chi connectivity index (χ1v) is 5.52. The highest BCUT2D eigenvalue weighted by molar-refractivity contribution is 5.82. The summed E-state index contributed by atoms with van der Waals surface area (Å²) in [5, 5.41) is 0. The predicted molar refractivity (Wildman–Crippen MR) is 67.4 cm³/mol. The Bertz CT molecular complexity index is 573. The van der Waals surface area contributed by atoms with Crippen molar-refractivity contribution in [3.63, 3.8) is 0 Å². The van der Waals surface area contributed by atoms with Gasteiger partial charge in [0.05, 0.1) is 11.0 Å². The number of imidazole rings is 1. The van der Waals surface area contributed by atoms with Crippen LogP contribution in [0.25, 0.3) is 11.0 Å². The van der Waals surface area contributed by atoms with Gasteiger partial charge in [-0.3, -0.25) is 4.79 Å². The summed E-state index contributed by atoms with van der Waals surface area (Å²) >= 11 is 0. The maximum absolute atomic E-state index is 11.0. The number of nitrogens with zero attached hydrogens (tertiary/aromatic N) is 2. The Morgan fingerprint density at radius 1 is 1.53 bits per heavy atom. The number of nitrogen functional groups attached to an aromatic ring is 1. The lowest BCUT2D eigenvalue weighted by atomic mass is 10.1. The van der Waals surface area contributed by atoms with Crippen LogP contribution in [0, 0.1) is 6.92 Å². The number of aromatic nitrogens is 2. The Morgan fingerprint density at radius 2 is 2.24 bits per heavy atom. The lowest BCUT2D eigenvalue weighted by Crippen LogP contribution is -2.18. The van der Waals surface area contributed by atoms with Gasteiger partial charge in [0, 0.05) is 12.5 Å². The van der Waals surface area contributed by atoms with Gasteiger partial charge < -0.3 is 16.0 Å². The minimum atomic E-state index is -0.340. The van der Waals surface area contributed by atoms with E-state index in [1.54, 1.807) is 0 Å². The van der Waals surface area contributed by atoms with Gasteiger partial charge in [0.15, 0.2) is 0 Å². The molecule has 1 amide bonds. The number of benzene rings is 1. The third kappa shape index (κ3) is 1.95. The van der Waals surface area contributed by atoms with Crippen molar-refractivity contribution in [2.45, 2.75) is 26.3 Å². The fraction of sp³-hybridized carbons (Fsp3) is 0.333. The maximum Gasteiger partial charge on any atom is 0.219 e. The first-order valence-electron chi connectivity index (χ1n) is 5.52.